The second-order valence-corrected chi connectivity index (χ2v) is 6.41. The molecule has 0 saturated heterocycles. The maximum atomic E-state index is 14.7. The molecule has 4 rings (SSSR count). The zero-order valence-electron chi connectivity index (χ0n) is 13.7. The highest BCUT2D eigenvalue weighted by atomic mass is 35.5. The molecule has 2 heterocycles. The summed E-state index contributed by atoms with van der Waals surface area (Å²) in [6, 6.07) is 17.2. The first kappa shape index (κ1) is 16.5. The Morgan fingerprint density at radius 3 is 2.73 bits per heavy atom. The van der Waals surface area contributed by atoms with Gasteiger partial charge in [-0.15, -0.1) is 0 Å². The van der Waals surface area contributed by atoms with Crippen LogP contribution in [0.1, 0.15) is 5.56 Å². The lowest BCUT2D eigenvalue weighted by Gasteiger charge is -2.09. The van der Waals surface area contributed by atoms with E-state index in [1.54, 1.807) is 36.7 Å². The van der Waals surface area contributed by atoms with Gasteiger partial charge in [-0.05, 0) is 41.5 Å². The quantitative estimate of drug-likeness (QED) is 0.518. The maximum absolute atomic E-state index is 14.7. The van der Waals surface area contributed by atoms with Crippen LogP contribution in [-0.2, 0) is 6.54 Å². The standard InChI is InChI=1S/C21H14ClFN2O/c22-18-8-9-24-20-7-5-15(12-17(18)20)16-6-4-14(11-19(16)23)13-25-10-2-1-3-21(25)26/h1-12H,13H2. The number of aromatic nitrogens is 2. The summed E-state index contributed by atoms with van der Waals surface area (Å²) in [6.45, 7) is 0.324. The molecule has 26 heavy (non-hydrogen) atoms. The topological polar surface area (TPSA) is 34.9 Å². The van der Waals surface area contributed by atoms with Crippen LogP contribution in [0.3, 0.4) is 0 Å². The molecule has 0 aliphatic carbocycles. The molecule has 0 spiro atoms. The minimum Gasteiger partial charge on any atom is -0.311 e. The molecule has 2 aromatic carbocycles. The van der Waals surface area contributed by atoms with Crippen LogP contribution in [0.2, 0.25) is 5.02 Å². The van der Waals surface area contributed by atoms with E-state index >= 15 is 0 Å². The number of nitrogens with zero attached hydrogens (tertiary/aromatic N) is 2. The number of fused-ring (bicyclic) bond motifs is 1. The molecule has 2 aromatic heterocycles. The summed E-state index contributed by atoms with van der Waals surface area (Å²) in [7, 11) is 0. The van der Waals surface area contributed by atoms with Crippen molar-refractivity contribution in [3.05, 3.63) is 99.8 Å². The van der Waals surface area contributed by atoms with Gasteiger partial charge in [-0.2, -0.15) is 0 Å². The van der Waals surface area contributed by atoms with Gasteiger partial charge in [0.15, 0.2) is 0 Å². The fraction of sp³-hybridized carbons (Fsp3) is 0.0476. The second kappa shape index (κ2) is 6.73. The van der Waals surface area contributed by atoms with Gasteiger partial charge in [-0.1, -0.05) is 35.9 Å². The lowest BCUT2D eigenvalue weighted by atomic mass is 10.0. The van der Waals surface area contributed by atoms with E-state index in [-0.39, 0.29) is 11.4 Å². The summed E-state index contributed by atoms with van der Waals surface area (Å²) in [5, 5.41) is 1.36. The van der Waals surface area contributed by atoms with Crippen molar-refractivity contribution in [2.75, 3.05) is 0 Å². The summed E-state index contributed by atoms with van der Waals surface area (Å²) in [5.41, 5.74) is 2.58. The fourth-order valence-corrected chi connectivity index (χ4v) is 3.17. The van der Waals surface area contributed by atoms with Crippen LogP contribution in [0.4, 0.5) is 4.39 Å². The largest absolute Gasteiger partial charge is 0.311 e. The molecule has 0 N–H and O–H groups in total. The molecule has 0 amide bonds. The van der Waals surface area contributed by atoms with Gasteiger partial charge in [0.05, 0.1) is 17.1 Å². The summed E-state index contributed by atoms with van der Waals surface area (Å²) in [4.78, 5) is 16.1. The van der Waals surface area contributed by atoms with Crippen LogP contribution in [0.25, 0.3) is 22.0 Å². The highest BCUT2D eigenvalue weighted by Gasteiger charge is 2.09. The SMILES string of the molecule is O=c1ccccn1Cc1ccc(-c2ccc3nccc(Cl)c3c2)c(F)c1. The summed E-state index contributed by atoms with van der Waals surface area (Å²) < 4.78 is 16.2. The number of benzene rings is 2. The lowest BCUT2D eigenvalue weighted by Crippen LogP contribution is -2.18. The molecule has 3 nitrogen and oxygen atoms in total. The summed E-state index contributed by atoms with van der Waals surface area (Å²) in [6.07, 6.45) is 3.33. The molecule has 4 aromatic rings. The van der Waals surface area contributed by atoms with Crippen molar-refractivity contribution < 1.29 is 4.39 Å². The van der Waals surface area contributed by atoms with E-state index in [1.165, 1.54) is 16.7 Å². The van der Waals surface area contributed by atoms with Gasteiger partial charge < -0.3 is 4.57 Å². The Morgan fingerprint density at radius 2 is 1.92 bits per heavy atom. The van der Waals surface area contributed by atoms with Crippen LogP contribution >= 0.6 is 11.6 Å². The zero-order chi connectivity index (χ0) is 18.1. The Hall–Kier alpha value is -2.98. The molecule has 0 radical (unpaired) electrons. The second-order valence-electron chi connectivity index (χ2n) is 6.01. The first-order valence-corrected chi connectivity index (χ1v) is 8.48. The third kappa shape index (κ3) is 3.11. The number of pyridine rings is 2. The predicted molar refractivity (Wildman–Crippen MR) is 102 cm³/mol. The van der Waals surface area contributed by atoms with Crippen LogP contribution in [0, 0.1) is 5.82 Å². The monoisotopic (exact) mass is 364 g/mol. The first-order chi connectivity index (χ1) is 12.6. The Balaban J connectivity index is 1.71. The van der Waals surface area contributed by atoms with Crippen LogP contribution in [0.5, 0.6) is 0 Å². The minimum atomic E-state index is -0.342. The molecule has 0 fully saturated rings. The van der Waals surface area contributed by atoms with Crippen molar-refractivity contribution in [3.63, 3.8) is 0 Å². The Morgan fingerprint density at radius 1 is 1.04 bits per heavy atom. The maximum Gasteiger partial charge on any atom is 0.250 e. The van der Waals surface area contributed by atoms with Crippen molar-refractivity contribution in [3.8, 4) is 11.1 Å². The van der Waals surface area contributed by atoms with Crippen LogP contribution in [0.15, 0.2) is 77.9 Å². The van der Waals surface area contributed by atoms with Crippen LogP contribution < -0.4 is 5.56 Å². The van der Waals surface area contributed by atoms with Crippen molar-refractivity contribution in [2.24, 2.45) is 0 Å². The third-order valence-corrected chi connectivity index (χ3v) is 4.61. The molecule has 0 aliphatic rings. The molecule has 0 unspecified atom stereocenters. The van der Waals surface area contributed by atoms with Gasteiger partial charge in [-0.3, -0.25) is 9.78 Å². The van der Waals surface area contributed by atoms with E-state index in [0.717, 1.165) is 22.0 Å². The molecule has 128 valence electrons. The van der Waals surface area contributed by atoms with Gasteiger partial charge in [-0.25, -0.2) is 4.39 Å². The first-order valence-electron chi connectivity index (χ1n) is 8.10. The average molecular weight is 365 g/mol. The number of rotatable bonds is 3. The highest BCUT2D eigenvalue weighted by molar-refractivity contribution is 6.35. The highest BCUT2D eigenvalue weighted by Crippen LogP contribution is 2.29. The van der Waals surface area contributed by atoms with E-state index < -0.39 is 0 Å². The Kier molecular flexibility index (Phi) is 4.27. The smallest absolute Gasteiger partial charge is 0.250 e. The predicted octanol–water partition coefficient (Wildman–Crippen LogP) is 4.90. The van der Waals surface area contributed by atoms with E-state index in [2.05, 4.69) is 4.98 Å². The molecule has 0 saturated carbocycles. The fourth-order valence-electron chi connectivity index (χ4n) is 2.96. The Bertz CT molecular complexity index is 1170. The summed E-state index contributed by atoms with van der Waals surface area (Å²) in [5.74, 6) is -0.342. The van der Waals surface area contributed by atoms with Crippen molar-refractivity contribution >= 4 is 22.5 Å². The van der Waals surface area contributed by atoms with Crippen molar-refractivity contribution in [1.29, 1.82) is 0 Å². The van der Waals surface area contributed by atoms with Gasteiger partial charge in [0.1, 0.15) is 5.82 Å². The molecule has 0 aliphatic heterocycles. The van der Waals surface area contributed by atoms with E-state index in [1.807, 2.05) is 24.3 Å². The van der Waals surface area contributed by atoms with E-state index in [9.17, 15) is 9.18 Å². The Labute approximate surface area is 154 Å². The van der Waals surface area contributed by atoms with E-state index in [4.69, 9.17) is 11.6 Å². The average Bonchev–Trinajstić information content (AvgIpc) is 2.64. The van der Waals surface area contributed by atoms with Crippen molar-refractivity contribution in [2.45, 2.75) is 6.54 Å². The third-order valence-electron chi connectivity index (χ3n) is 4.28. The normalized spacial score (nSPS) is 11.0. The van der Waals surface area contributed by atoms with Gasteiger partial charge in [0.2, 0.25) is 0 Å². The van der Waals surface area contributed by atoms with E-state index in [0.29, 0.717) is 17.1 Å². The molecule has 0 atom stereocenters. The summed E-state index contributed by atoms with van der Waals surface area (Å²) >= 11 is 6.22. The number of halogens is 2. The zero-order valence-corrected chi connectivity index (χ0v) is 14.4. The number of hydrogen-bond donors (Lipinski definition) is 0. The van der Waals surface area contributed by atoms with Crippen molar-refractivity contribution in [1.82, 2.24) is 9.55 Å². The minimum absolute atomic E-state index is 0.117. The molecule has 0 bridgehead atoms. The molecular weight excluding hydrogens is 351 g/mol. The molecular formula is C21H14ClFN2O. The van der Waals surface area contributed by atoms with Gasteiger partial charge in [0, 0.05) is 29.4 Å². The van der Waals surface area contributed by atoms with Crippen LogP contribution in [-0.4, -0.2) is 9.55 Å². The molecule has 5 heteroatoms. The van der Waals surface area contributed by atoms with Gasteiger partial charge >= 0.3 is 0 Å². The lowest BCUT2D eigenvalue weighted by molar-refractivity contribution is 0.626. The van der Waals surface area contributed by atoms with Gasteiger partial charge in [0.25, 0.3) is 5.56 Å². The number of hydrogen-bond acceptors (Lipinski definition) is 2.